The maximum absolute atomic E-state index is 11.5. The number of hydrogen-bond acceptors (Lipinski definition) is 1. The second-order valence-electron chi connectivity index (χ2n) is 2.61. The van der Waals surface area contributed by atoms with Gasteiger partial charge in [-0.3, -0.25) is 4.79 Å². The second-order valence-corrected chi connectivity index (χ2v) is 5.24. The molecule has 1 nitrogen and oxygen atoms in total. The Bertz CT molecular complexity index is 336. The Kier molecular flexibility index (Phi) is 3.95. The quantitative estimate of drug-likeness (QED) is 0.591. The number of hydrogen-bond donors (Lipinski definition) is 0. The van der Waals surface area contributed by atoms with Crippen molar-refractivity contribution in [3.8, 4) is 0 Å². The van der Waals surface area contributed by atoms with E-state index in [2.05, 4.69) is 31.9 Å². The van der Waals surface area contributed by atoms with E-state index in [9.17, 15) is 4.79 Å². The molecule has 0 bridgehead atoms. The summed E-state index contributed by atoms with van der Waals surface area (Å²) in [6, 6.07) is 5.17. The van der Waals surface area contributed by atoms with Crippen molar-refractivity contribution in [2.24, 2.45) is 0 Å². The summed E-state index contributed by atoms with van der Waals surface area (Å²) in [5, 5.41) is 0.555. The molecular formula is C9H7Br2ClO. The highest BCUT2D eigenvalue weighted by atomic mass is 79.9. The molecule has 0 amide bonds. The summed E-state index contributed by atoms with van der Waals surface area (Å²) >= 11 is 12.3. The van der Waals surface area contributed by atoms with Gasteiger partial charge in [0.15, 0.2) is 5.78 Å². The molecule has 1 aromatic carbocycles. The zero-order valence-electron chi connectivity index (χ0n) is 6.85. The van der Waals surface area contributed by atoms with Gasteiger partial charge in [0.1, 0.15) is 0 Å². The topological polar surface area (TPSA) is 17.1 Å². The first-order valence-electron chi connectivity index (χ1n) is 3.65. The number of ketones is 1. The van der Waals surface area contributed by atoms with E-state index in [1.807, 2.05) is 0 Å². The van der Waals surface area contributed by atoms with Crippen molar-refractivity contribution in [1.82, 2.24) is 0 Å². The van der Waals surface area contributed by atoms with Gasteiger partial charge in [-0.2, -0.15) is 0 Å². The normalized spacial score (nSPS) is 12.6. The number of carbonyl (C=O) groups excluding carboxylic acids is 1. The van der Waals surface area contributed by atoms with Gasteiger partial charge in [-0.15, -0.1) is 0 Å². The Morgan fingerprint density at radius 3 is 2.62 bits per heavy atom. The Balaban J connectivity index is 3.04. The summed E-state index contributed by atoms with van der Waals surface area (Å²) in [5.74, 6) is 0.0365. The lowest BCUT2D eigenvalue weighted by Crippen LogP contribution is -2.09. The standard InChI is InChI=1S/C9H7Br2ClO/c1-5(10)9(13)6-2-3-7(11)8(12)4-6/h2-5H,1H3. The predicted octanol–water partition coefficient (Wildman–Crippen LogP) is 4.07. The molecule has 1 atom stereocenters. The van der Waals surface area contributed by atoms with Crippen LogP contribution in [0.15, 0.2) is 22.7 Å². The van der Waals surface area contributed by atoms with Crippen LogP contribution < -0.4 is 0 Å². The average molecular weight is 326 g/mol. The zero-order chi connectivity index (χ0) is 10.0. The molecule has 13 heavy (non-hydrogen) atoms. The summed E-state index contributed by atoms with van der Waals surface area (Å²) in [7, 11) is 0. The third kappa shape index (κ3) is 2.79. The van der Waals surface area contributed by atoms with Gasteiger partial charge in [-0.25, -0.2) is 0 Å². The first-order chi connectivity index (χ1) is 6.02. The summed E-state index contributed by atoms with van der Waals surface area (Å²) in [6.07, 6.45) is 0. The Hall–Kier alpha value is 0.140. The average Bonchev–Trinajstić information content (AvgIpc) is 2.08. The van der Waals surface area contributed by atoms with Crippen LogP contribution in [0, 0.1) is 0 Å². The molecule has 0 aliphatic rings. The van der Waals surface area contributed by atoms with Crippen molar-refractivity contribution in [1.29, 1.82) is 0 Å². The maximum atomic E-state index is 11.5. The van der Waals surface area contributed by atoms with Crippen LogP contribution in [0.4, 0.5) is 0 Å². The highest BCUT2D eigenvalue weighted by Gasteiger charge is 2.12. The maximum Gasteiger partial charge on any atom is 0.176 e. The second kappa shape index (κ2) is 4.58. The fourth-order valence-corrected chi connectivity index (χ4v) is 1.57. The van der Waals surface area contributed by atoms with Gasteiger partial charge in [0.25, 0.3) is 0 Å². The van der Waals surface area contributed by atoms with Crippen molar-refractivity contribution in [3.05, 3.63) is 33.3 Å². The lowest BCUT2D eigenvalue weighted by Gasteiger charge is -2.03. The van der Waals surface area contributed by atoms with Crippen molar-refractivity contribution < 1.29 is 4.79 Å². The van der Waals surface area contributed by atoms with Crippen LogP contribution in [-0.2, 0) is 0 Å². The van der Waals surface area contributed by atoms with Gasteiger partial charge in [0, 0.05) is 10.0 Å². The van der Waals surface area contributed by atoms with Crippen molar-refractivity contribution in [2.45, 2.75) is 11.8 Å². The van der Waals surface area contributed by atoms with E-state index in [1.54, 1.807) is 25.1 Å². The van der Waals surface area contributed by atoms with E-state index in [0.717, 1.165) is 4.47 Å². The molecule has 0 heterocycles. The molecule has 4 heteroatoms. The van der Waals surface area contributed by atoms with Gasteiger partial charge < -0.3 is 0 Å². The molecule has 0 aliphatic heterocycles. The van der Waals surface area contributed by atoms with Crippen molar-refractivity contribution in [3.63, 3.8) is 0 Å². The number of halogens is 3. The van der Waals surface area contributed by atoms with Gasteiger partial charge >= 0.3 is 0 Å². The van der Waals surface area contributed by atoms with Gasteiger partial charge in [-0.05, 0) is 35.0 Å². The molecular weight excluding hydrogens is 319 g/mol. The van der Waals surface area contributed by atoms with E-state index in [-0.39, 0.29) is 10.6 Å². The van der Waals surface area contributed by atoms with E-state index in [1.165, 1.54) is 0 Å². The van der Waals surface area contributed by atoms with Gasteiger partial charge in [-0.1, -0.05) is 33.6 Å². The fourth-order valence-electron chi connectivity index (χ4n) is 0.879. The lowest BCUT2D eigenvalue weighted by molar-refractivity contribution is 0.0996. The molecule has 0 radical (unpaired) electrons. The summed E-state index contributed by atoms with van der Waals surface area (Å²) in [4.78, 5) is 11.3. The van der Waals surface area contributed by atoms with Crippen molar-refractivity contribution >= 4 is 49.2 Å². The van der Waals surface area contributed by atoms with Crippen LogP contribution in [-0.4, -0.2) is 10.6 Å². The van der Waals surface area contributed by atoms with E-state index < -0.39 is 0 Å². The minimum Gasteiger partial charge on any atom is -0.293 e. The molecule has 1 unspecified atom stereocenters. The van der Waals surface area contributed by atoms with Crippen LogP contribution in [0.1, 0.15) is 17.3 Å². The van der Waals surface area contributed by atoms with E-state index >= 15 is 0 Å². The van der Waals surface area contributed by atoms with E-state index in [4.69, 9.17) is 11.6 Å². The van der Waals surface area contributed by atoms with Crippen LogP contribution in [0.3, 0.4) is 0 Å². The monoisotopic (exact) mass is 324 g/mol. The molecule has 0 aromatic heterocycles. The fraction of sp³-hybridized carbons (Fsp3) is 0.222. The third-order valence-electron chi connectivity index (χ3n) is 1.57. The predicted molar refractivity (Wildman–Crippen MR) is 61.9 cm³/mol. The van der Waals surface area contributed by atoms with Gasteiger partial charge in [0.05, 0.1) is 9.85 Å². The van der Waals surface area contributed by atoms with Crippen LogP contribution >= 0.6 is 43.5 Å². The summed E-state index contributed by atoms with van der Waals surface area (Å²) in [6.45, 7) is 1.79. The lowest BCUT2D eigenvalue weighted by atomic mass is 10.1. The van der Waals surface area contributed by atoms with Crippen LogP contribution in [0.2, 0.25) is 5.02 Å². The molecule has 0 spiro atoms. The van der Waals surface area contributed by atoms with Crippen LogP contribution in [0.5, 0.6) is 0 Å². The smallest absolute Gasteiger partial charge is 0.176 e. The number of rotatable bonds is 2. The Labute approximate surface area is 98.7 Å². The molecule has 70 valence electrons. The molecule has 0 fully saturated rings. The summed E-state index contributed by atoms with van der Waals surface area (Å²) < 4.78 is 0.799. The molecule has 0 N–H and O–H groups in total. The molecule has 1 rings (SSSR count). The van der Waals surface area contributed by atoms with Gasteiger partial charge in [0.2, 0.25) is 0 Å². The summed E-state index contributed by atoms with van der Waals surface area (Å²) in [5.41, 5.74) is 0.623. The highest BCUT2D eigenvalue weighted by Crippen LogP contribution is 2.24. The molecule has 0 saturated heterocycles. The number of benzene rings is 1. The first-order valence-corrected chi connectivity index (χ1v) is 5.74. The zero-order valence-corrected chi connectivity index (χ0v) is 10.8. The minimum atomic E-state index is -0.176. The van der Waals surface area contributed by atoms with E-state index in [0.29, 0.717) is 10.6 Å². The SMILES string of the molecule is CC(Br)C(=O)c1ccc(Br)c(Cl)c1. The number of carbonyl (C=O) groups is 1. The van der Waals surface area contributed by atoms with Crippen LogP contribution in [0.25, 0.3) is 0 Å². The molecule has 0 aliphatic carbocycles. The third-order valence-corrected chi connectivity index (χ3v) is 3.21. The number of alkyl halides is 1. The first kappa shape index (κ1) is 11.2. The Morgan fingerprint density at radius 2 is 2.15 bits per heavy atom. The minimum absolute atomic E-state index is 0.0365. The highest BCUT2D eigenvalue weighted by molar-refractivity contribution is 9.10. The number of Topliss-reactive ketones (excluding diaryl/α,β-unsaturated/α-hetero) is 1. The largest absolute Gasteiger partial charge is 0.293 e. The molecule has 1 aromatic rings. The van der Waals surface area contributed by atoms with Crippen molar-refractivity contribution in [2.75, 3.05) is 0 Å². The Morgan fingerprint density at radius 1 is 1.54 bits per heavy atom. The molecule has 0 saturated carbocycles.